The van der Waals surface area contributed by atoms with Crippen LogP contribution in [0.5, 0.6) is 0 Å². The molecule has 86 valence electrons. The largest absolute Gasteiger partial charge is 0.353 e. The smallest absolute Gasteiger partial charge is 0.243 e. The molecule has 1 aliphatic heterocycles. The van der Waals surface area contributed by atoms with Gasteiger partial charge in [0, 0.05) is 23.8 Å². The van der Waals surface area contributed by atoms with Crippen molar-refractivity contribution in [2.24, 2.45) is 7.05 Å². The second-order valence-electron chi connectivity index (χ2n) is 4.03. The summed E-state index contributed by atoms with van der Waals surface area (Å²) < 4.78 is 1.99. The van der Waals surface area contributed by atoms with E-state index in [1.54, 1.807) is 11.8 Å². The quantitative estimate of drug-likeness (QED) is 0.837. The Balaban J connectivity index is 2.00. The van der Waals surface area contributed by atoms with Crippen molar-refractivity contribution < 1.29 is 4.79 Å². The van der Waals surface area contributed by atoms with Gasteiger partial charge in [0.1, 0.15) is 5.25 Å². The maximum absolute atomic E-state index is 12.1. The fraction of sp³-hybridized carbons (Fsp3) is 0.154. The van der Waals surface area contributed by atoms with Gasteiger partial charge in [-0.05, 0) is 24.3 Å². The monoisotopic (exact) mass is 244 g/mol. The molecule has 1 amide bonds. The van der Waals surface area contributed by atoms with Gasteiger partial charge in [-0.2, -0.15) is 0 Å². The third kappa shape index (κ3) is 1.74. The zero-order chi connectivity index (χ0) is 11.8. The Morgan fingerprint density at radius 1 is 1.24 bits per heavy atom. The Labute approximate surface area is 104 Å². The van der Waals surface area contributed by atoms with E-state index < -0.39 is 0 Å². The predicted molar refractivity (Wildman–Crippen MR) is 69.1 cm³/mol. The number of nitrogens with zero attached hydrogens (tertiary/aromatic N) is 1. The first-order valence-corrected chi connectivity index (χ1v) is 6.31. The minimum atomic E-state index is -0.162. The summed E-state index contributed by atoms with van der Waals surface area (Å²) in [5.41, 5.74) is 1.94. The first-order chi connectivity index (χ1) is 8.25. The van der Waals surface area contributed by atoms with Crippen LogP contribution in [0.2, 0.25) is 0 Å². The SMILES string of the molecule is Cn1cccc1C1Sc2ccccc2NC1=O. The Kier molecular flexibility index (Phi) is 2.44. The normalized spacial score (nSPS) is 18.6. The number of aromatic nitrogens is 1. The number of rotatable bonds is 1. The molecule has 1 atom stereocenters. The topological polar surface area (TPSA) is 34.0 Å². The highest BCUT2D eigenvalue weighted by atomic mass is 32.2. The number of hydrogen-bond donors (Lipinski definition) is 1. The van der Waals surface area contributed by atoms with Gasteiger partial charge in [0.05, 0.1) is 5.69 Å². The molecule has 3 rings (SSSR count). The van der Waals surface area contributed by atoms with Crippen LogP contribution >= 0.6 is 11.8 Å². The first-order valence-electron chi connectivity index (χ1n) is 5.43. The number of benzene rings is 1. The van der Waals surface area contributed by atoms with E-state index in [1.807, 2.05) is 54.2 Å². The van der Waals surface area contributed by atoms with Crippen molar-refractivity contribution in [2.75, 3.05) is 5.32 Å². The number of nitrogens with one attached hydrogen (secondary N) is 1. The van der Waals surface area contributed by atoms with E-state index in [4.69, 9.17) is 0 Å². The van der Waals surface area contributed by atoms with Crippen molar-refractivity contribution in [3.63, 3.8) is 0 Å². The lowest BCUT2D eigenvalue weighted by molar-refractivity contribution is -0.116. The Hall–Kier alpha value is -1.68. The van der Waals surface area contributed by atoms with Gasteiger partial charge in [0.25, 0.3) is 0 Å². The predicted octanol–water partition coefficient (Wildman–Crippen LogP) is 2.81. The highest BCUT2D eigenvalue weighted by Crippen LogP contribution is 2.43. The molecule has 2 aromatic rings. The standard InChI is InChI=1S/C13H12N2OS/c1-15-8-4-6-10(15)12-13(16)14-9-5-2-3-7-11(9)17-12/h2-8,12H,1H3,(H,14,16). The van der Waals surface area contributed by atoms with E-state index >= 15 is 0 Å². The molecule has 0 radical (unpaired) electrons. The van der Waals surface area contributed by atoms with Crippen molar-refractivity contribution in [1.29, 1.82) is 0 Å². The molecule has 1 aliphatic rings. The van der Waals surface area contributed by atoms with Crippen LogP contribution in [0.15, 0.2) is 47.5 Å². The molecule has 1 unspecified atom stereocenters. The van der Waals surface area contributed by atoms with Gasteiger partial charge in [-0.3, -0.25) is 4.79 Å². The number of fused-ring (bicyclic) bond motifs is 1. The van der Waals surface area contributed by atoms with Gasteiger partial charge < -0.3 is 9.88 Å². The second kappa shape index (κ2) is 3.96. The van der Waals surface area contributed by atoms with E-state index in [0.29, 0.717) is 0 Å². The molecule has 0 saturated heterocycles. The summed E-state index contributed by atoms with van der Waals surface area (Å²) in [7, 11) is 1.96. The summed E-state index contributed by atoms with van der Waals surface area (Å²) in [5.74, 6) is 0.0514. The molecule has 4 heteroatoms. The van der Waals surface area contributed by atoms with E-state index in [2.05, 4.69) is 5.32 Å². The second-order valence-corrected chi connectivity index (χ2v) is 5.17. The average molecular weight is 244 g/mol. The minimum Gasteiger partial charge on any atom is -0.353 e. The summed E-state index contributed by atoms with van der Waals surface area (Å²) in [5, 5.41) is 2.79. The number of hydrogen-bond acceptors (Lipinski definition) is 2. The van der Waals surface area contributed by atoms with Crippen LogP contribution in [0, 0.1) is 0 Å². The molecule has 1 N–H and O–H groups in total. The number of aryl methyl sites for hydroxylation is 1. The van der Waals surface area contributed by atoms with Gasteiger partial charge in [-0.25, -0.2) is 0 Å². The van der Waals surface area contributed by atoms with Gasteiger partial charge in [0.15, 0.2) is 0 Å². The van der Waals surface area contributed by atoms with Crippen LogP contribution in [0.25, 0.3) is 0 Å². The van der Waals surface area contributed by atoms with Crippen molar-refractivity contribution in [3.05, 3.63) is 48.3 Å². The van der Waals surface area contributed by atoms with E-state index in [-0.39, 0.29) is 11.2 Å². The van der Waals surface area contributed by atoms with E-state index in [1.165, 1.54) is 0 Å². The van der Waals surface area contributed by atoms with Crippen LogP contribution in [0.4, 0.5) is 5.69 Å². The van der Waals surface area contributed by atoms with Gasteiger partial charge in [-0.15, -0.1) is 11.8 Å². The molecule has 1 aromatic carbocycles. The lowest BCUT2D eigenvalue weighted by atomic mass is 10.2. The van der Waals surface area contributed by atoms with Gasteiger partial charge >= 0.3 is 0 Å². The highest BCUT2D eigenvalue weighted by molar-refractivity contribution is 8.00. The summed E-state index contributed by atoms with van der Waals surface area (Å²) in [6.07, 6.45) is 1.96. The third-order valence-electron chi connectivity index (χ3n) is 2.88. The molecular formula is C13H12N2OS. The average Bonchev–Trinajstić information content (AvgIpc) is 2.74. The lowest BCUT2D eigenvalue weighted by Crippen LogP contribution is -2.24. The molecule has 0 aliphatic carbocycles. The first kappa shape index (κ1) is 10.5. The Bertz CT molecular complexity index is 576. The van der Waals surface area contributed by atoms with Crippen LogP contribution in [0.3, 0.4) is 0 Å². The molecule has 17 heavy (non-hydrogen) atoms. The molecule has 0 saturated carbocycles. The minimum absolute atomic E-state index is 0.0514. The van der Waals surface area contributed by atoms with Gasteiger partial charge in [-0.1, -0.05) is 12.1 Å². The zero-order valence-corrected chi connectivity index (χ0v) is 10.2. The number of carbonyl (C=O) groups excluding carboxylic acids is 1. The molecule has 0 bridgehead atoms. The van der Waals surface area contributed by atoms with Crippen LogP contribution in [-0.2, 0) is 11.8 Å². The molecule has 2 heterocycles. The number of para-hydroxylation sites is 1. The molecule has 1 aromatic heterocycles. The third-order valence-corrected chi connectivity index (χ3v) is 4.18. The van der Waals surface area contributed by atoms with Gasteiger partial charge in [0.2, 0.25) is 5.91 Å². The zero-order valence-electron chi connectivity index (χ0n) is 9.38. The summed E-state index contributed by atoms with van der Waals surface area (Å²) in [6, 6.07) is 11.8. The highest BCUT2D eigenvalue weighted by Gasteiger charge is 2.29. The van der Waals surface area contributed by atoms with Crippen molar-refractivity contribution in [1.82, 2.24) is 4.57 Å². The maximum atomic E-state index is 12.1. The van der Waals surface area contributed by atoms with Crippen LogP contribution < -0.4 is 5.32 Å². The molecular weight excluding hydrogens is 232 g/mol. The molecule has 0 spiro atoms. The lowest BCUT2D eigenvalue weighted by Gasteiger charge is -2.24. The maximum Gasteiger partial charge on any atom is 0.243 e. The van der Waals surface area contributed by atoms with Crippen molar-refractivity contribution in [3.8, 4) is 0 Å². The summed E-state index contributed by atoms with van der Waals surface area (Å²) >= 11 is 1.60. The fourth-order valence-corrected chi connectivity index (χ4v) is 3.18. The number of anilines is 1. The fourth-order valence-electron chi connectivity index (χ4n) is 1.99. The van der Waals surface area contributed by atoms with Crippen molar-refractivity contribution in [2.45, 2.75) is 10.1 Å². The summed E-state index contributed by atoms with van der Waals surface area (Å²) in [6.45, 7) is 0. The van der Waals surface area contributed by atoms with Crippen molar-refractivity contribution >= 4 is 23.4 Å². The Morgan fingerprint density at radius 3 is 2.82 bits per heavy atom. The molecule has 3 nitrogen and oxygen atoms in total. The van der Waals surface area contributed by atoms with E-state index in [9.17, 15) is 4.79 Å². The van der Waals surface area contributed by atoms with Crippen LogP contribution in [-0.4, -0.2) is 10.5 Å². The number of thioether (sulfide) groups is 1. The number of amides is 1. The van der Waals surface area contributed by atoms with E-state index in [0.717, 1.165) is 16.3 Å². The number of carbonyl (C=O) groups is 1. The van der Waals surface area contributed by atoms with Crippen LogP contribution in [0.1, 0.15) is 10.9 Å². The molecule has 0 fully saturated rings. The Morgan fingerprint density at radius 2 is 2.06 bits per heavy atom. The summed E-state index contributed by atoms with van der Waals surface area (Å²) in [4.78, 5) is 13.2.